The van der Waals surface area contributed by atoms with Crippen molar-refractivity contribution < 1.29 is 5.11 Å². The van der Waals surface area contributed by atoms with Gasteiger partial charge in [-0.05, 0) is 30.1 Å². The predicted octanol–water partition coefficient (Wildman–Crippen LogP) is 3.22. The van der Waals surface area contributed by atoms with Gasteiger partial charge in [0.2, 0.25) is 0 Å². The van der Waals surface area contributed by atoms with Gasteiger partial charge in [-0.25, -0.2) is 0 Å². The lowest BCUT2D eigenvalue weighted by Crippen LogP contribution is -2.31. The largest absolute Gasteiger partial charge is 0.396 e. The van der Waals surface area contributed by atoms with Gasteiger partial charge in [0.05, 0.1) is 0 Å². The molecule has 0 saturated heterocycles. The van der Waals surface area contributed by atoms with E-state index in [1.807, 2.05) is 0 Å². The van der Waals surface area contributed by atoms with Crippen molar-refractivity contribution in [2.75, 3.05) is 6.61 Å². The van der Waals surface area contributed by atoms with Crippen LogP contribution in [0.25, 0.3) is 0 Å². The van der Waals surface area contributed by atoms with Gasteiger partial charge in [-0.1, -0.05) is 40.0 Å². The highest BCUT2D eigenvalue weighted by Gasteiger charge is 2.31. The van der Waals surface area contributed by atoms with Crippen molar-refractivity contribution in [3.63, 3.8) is 0 Å². The van der Waals surface area contributed by atoms with E-state index in [4.69, 9.17) is 0 Å². The molecule has 0 unspecified atom stereocenters. The Bertz CT molecular complexity index is 143. The third-order valence-electron chi connectivity index (χ3n) is 3.94. The molecular formula is C12H24O. The summed E-state index contributed by atoms with van der Waals surface area (Å²) in [5.41, 5.74) is 0.151. The Morgan fingerprint density at radius 3 is 2.08 bits per heavy atom. The average molecular weight is 184 g/mol. The predicted molar refractivity (Wildman–Crippen MR) is 56.6 cm³/mol. The van der Waals surface area contributed by atoms with E-state index in [9.17, 15) is 5.11 Å². The van der Waals surface area contributed by atoms with Gasteiger partial charge in [0.25, 0.3) is 0 Å². The third kappa shape index (κ3) is 2.70. The van der Waals surface area contributed by atoms with Gasteiger partial charge in [0.1, 0.15) is 0 Å². The summed E-state index contributed by atoms with van der Waals surface area (Å²) in [4.78, 5) is 0. The van der Waals surface area contributed by atoms with Crippen LogP contribution >= 0.6 is 0 Å². The Morgan fingerprint density at radius 2 is 1.69 bits per heavy atom. The van der Waals surface area contributed by atoms with Gasteiger partial charge in [-0.3, -0.25) is 0 Å². The molecule has 0 amide bonds. The first kappa shape index (κ1) is 11.0. The summed E-state index contributed by atoms with van der Waals surface area (Å²) < 4.78 is 0. The van der Waals surface area contributed by atoms with Crippen molar-refractivity contribution in [2.24, 2.45) is 17.3 Å². The summed E-state index contributed by atoms with van der Waals surface area (Å²) in [7, 11) is 0. The van der Waals surface area contributed by atoms with E-state index in [-0.39, 0.29) is 5.41 Å². The van der Waals surface area contributed by atoms with E-state index < -0.39 is 0 Å². The molecule has 1 heteroatoms. The maximum atomic E-state index is 9.27. The molecule has 0 spiro atoms. The molecule has 1 nitrogen and oxygen atoms in total. The average Bonchev–Trinajstić information content (AvgIpc) is 2.18. The van der Waals surface area contributed by atoms with Gasteiger partial charge in [-0.2, -0.15) is 0 Å². The Kier molecular flexibility index (Phi) is 3.78. The standard InChI is InChI=1S/C12H24O/c1-4-10-5-7-11(8-6-10)12(2,3)9-13/h10-11,13H,4-9H2,1-3H3. The molecule has 1 saturated carbocycles. The van der Waals surface area contributed by atoms with Crippen LogP contribution in [0, 0.1) is 17.3 Å². The molecule has 1 fully saturated rings. The van der Waals surface area contributed by atoms with Gasteiger partial charge >= 0.3 is 0 Å². The first-order chi connectivity index (χ1) is 6.10. The molecular weight excluding hydrogens is 160 g/mol. The fourth-order valence-electron chi connectivity index (χ4n) is 2.48. The Labute approximate surface area is 82.5 Å². The fraction of sp³-hybridized carbons (Fsp3) is 1.00. The lowest BCUT2D eigenvalue weighted by atomic mass is 9.69. The molecule has 0 aliphatic heterocycles. The van der Waals surface area contributed by atoms with Crippen molar-refractivity contribution in [3.05, 3.63) is 0 Å². The van der Waals surface area contributed by atoms with Crippen LogP contribution in [0.4, 0.5) is 0 Å². The molecule has 0 aromatic rings. The lowest BCUT2D eigenvalue weighted by Gasteiger charge is -2.38. The van der Waals surface area contributed by atoms with E-state index in [1.54, 1.807) is 0 Å². The molecule has 0 heterocycles. The van der Waals surface area contributed by atoms with Crippen LogP contribution in [0.3, 0.4) is 0 Å². The van der Waals surface area contributed by atoms with E-state index >= 15 is 0 Å². The first-order valence-corrected chi connectivity index (χ1v) is 5.71. The Balaban J connectivity index is 2.40. The van der Waals surface area contributed by atoms with Crippen LogP contribution in [-0.2, 0) is 0 Å². The van der Waals surface area contributed by atoms with Gasteiger partial charge < -0.3 is 5.11 Å². The second-order valence-electron chi connectivity index (χ2n) is 5.27. The zero-order valence-corrected chi connectivity index (χ0v) is 9.34. The van der Waals surface area contributed by atoms with E-state index in [0.29, 0.717) is 6.61 Å². The Morgan fingerprint density at radius 1 is 1.15 bits per heavy atom. The zero-order valence-electron chi connectivity index (χ0n) is 9.34. The second kappa shape index (κ2) is 4.45. The Hall–Kier alpha value is -0.0400. The van der Waals surface area contributed by atoms with Gasteiger partial charge in [0.15, 0.2) is 0 Å². The van der Waals surface area contributed by atoms with E-state index in [2.05, 4.69) is 20.8 Å². The summed E-state index contributed by atoms with van der Waals surface area (Å²) in [5.74, 6) is 1.71. The topological polar surface area (TPSA) is 20.2 Å². The monoisotopic (exact) mass is 184 g/mol. The van der Waals surface area contributed by atoms with Crippen molar-refractivity contribution >= 4 is 0 Å². The second-order valence-corrected chi connectivity index (χ2v) is 5.27. The van der Waals surface area contributed by atoms with Crippen LogP contribution < -0.4 is 0 Å². The molecule has 0 bridgehead atoms. The summed E-state index contributed by atoms with van der Waals surface area (Å²) in [6, 6.07) is 0. The zero-order chi connectivity index (χ0) is 9.90. The number of aliphatic hydroxyl groups excluding tert-OH is 1. The van der Waals surface area contributed by atoms with Crippen LogP contribution in [-0.4, -0.2) is 11.7 Å². The molecule has 1 N–H and O–H groups in total. The maximum absolute atomic E-state index is 9.27. The highest BCUT2D eigenvalue weighted by Crippen LogP contribution is 2.40. The molecule has 0 atom stereocenters. The minimum absolute atomic E-state index is 0.151. The van der Waals surface area contributed by atoms with Crippen molar-refractivity contribution in [2.45, 2.75) is 52.9 Å². The molecule has 0 radical (unpaired) electrons. The van der Waals surface area contributed by atoms with Crippen LogP contribution in [0.1, 0.15) is 52.9 Å². The molecule has 13 heavy (non-hydrogen) atoms. The molecule has 0 aromatic heterocycles. The minimum atomic E-state index is 0.151. The molecule has 1 rings (SSSR count). The lowest BCUT2D eigenvalue weighted by molar-refractivity contribution is 0.0622. The molecule has 0 aromatic carbocycles. The quantitative estimate of drug-likeness (QED) is 0.714. The summed E-state index contributed by atoms with van der Waals surface area (Å²) >= 11 is 0. The summed E-state index contributed by atoms with van der Waals surface area (Å²) in [5, 5.41) is 9.27. The number of aliphatic hydroxyl groups is 1. The highest BCUT2D eigenvalue weighted by atomic mass is 16.3. The normalized spacial score (nSPS) is 30.5. The van der Waals surface area contributed by atoms with E-state index in [0.717, 1.165) is 11.8 Å². The van der Waals surface area contributed by atoms with E-state index in [1.165, 1.54) is 32.1 Å². The third-order valence-corrected chi connectivity index (χ3v) is 3.94. The van der Waals surface area contributed by atoms with Gasteiger partial charge in [0, 0.05) is 6.61 Å². The van der Waals surface area contributed by atoms with Gasteiger partial charge in [-0.15, -0.1) is 0 Å². The van der Waals surface area contributed by atoms with Crippen LogP contribution in [0.2, 0.25) is 0 Å². The number of hydrogen-bond donors (Lipinski definition) is 1. The van der Waals surface area contributed by atoms with Crippen LogP contribution in [0.5, 0.6) is 0 Å². The smallest absolute Gasteiger partial charge is 0.0484 e. The fourth-order valence-corrected chi connectivity index (χ4v) is 2.48. The van der Waals surface area contributed by atoms with Crippen molar-refractivity contribution in [1.82, 2.24) is 0 Å². The van der Waals surface area contributed by atoms with Crippen molar-refractivity contribution in [1.29, 1.82) is 0 Å². The molecule has 78 valence electrons. The van der Waals surface area contributed by atoms with Crippen LogP contribution in [0.15, 0.2) is 0 Å². The minimum Gasteiger partial charge on any atom is -0.396 e. The highest BCUT2D eigenvalue weighted by molar-refractivity contribution is 4.82. The number of rotatable bonds is 3. The maximum Gasteiger partial charge on any atom is 0.0484 e. The SMILES string of the molecule is CCC1CCC(C(C)(C)CO)CC1. The summed E-state index contributed by atoms with van der Waals surface area (Å²) in [6.45, 7) is 7.03. The van der Waals surface area contributed by atoms with Crippen molar-refractivity contribution in [3.8, 4) is 0 Å². The summed E-state index contributed by atoms with van der Waals surface area (Å²) in [6.07, 6.45) is 6.75. The molecule has 1 aliphatic carbocycles. The first-order valence-electron chi connectivity index (χ1n) is 5.71. The number of hydrogen-bond acceptors (Lipinski definition) is 1. The molecule has 1 aliphatic rings.